The SMILES string of the molecule is Cc1ccc2cccc3c2c1C1=C3C=C(c2ccc3c4c2=CCCC=4c2c-3c(-c3ccccc3)c3ccccc3c2-c2ccccc2)CC1. The van der Waals surface area contributed by atoms with E-state index in [2.05, 4.69) is 146 Å². The second kappa shape index (κ2) is 10.1. The Morgan fingerprint density at radius 1 is 0.469 bits per heavy atom. The Morgan fingerprint density at radius 3 is 1.92 bits per heavy atom. The van der Waals surface area contributed by atoms with Gasteiger partial charge in [0.15, 0.2) is 0 Å². The van der Waals surface area contributed by atoms with Gasteiger partial charge in [0.2, 0.25) is 0 Å². The Balaban J connectivity index is 1.20. The molecule has 4 aliphatic carbocycles. The third-order valence-electron chi connectivity index (χ3n) is 11.7. The van der Waals surface area contributed by atoms with Crippen LogP contribution in [0.5, 0.6) is 0 Å². The summed E-state index contributed by atoms with van der Waals surface area (Å²) in [7, 11) is 0. The first-order valence-corrected chi connectivity index (χ1v) is 17.8. The molecular formula is C49H34. The van der Waals surface area contributed by atoms with E-state index >= 15 is 0 Å². The molecule has 0 nitrogen and oxygen atoms in total. The van der Waals surface area contributed by atoms with Gasteiger partial charge in [0.05, 0.1) is 0 Å². The normalized spacial score (nSPS) is 15.3. The predicted molar refractivity (Wildman–Crippen MR) is 208 cm³/mol. The number of benzene rings is 7. The highest BCUT2D eigenvalue weighted by Crippen LogP contribution is 2.52. The maximum atomic E-state index is 2.55. The van der Waals surface area contributed by atoms with Crippen molar-refractivity contribution in [2.75, 3.05) is 0 Å². The molecule has 11 rings (SSSR count). The van der Waals surface area contributed by atoms with Gasteiger partial charge < -0.3 is 0 Å². The number of hydrogen-bond acceptors (Lipinski definition) is 0. The lowest BCUT2D eigenvalue weighted by atomic mass is 9.81. The lowest BCUT2D eigenvalue weighted by molar-refractivity contribution is 1.06. The summed E-state index contributed by atoms with van der Waals surface area (Å²) in [5.41, 5.74) is 21.3. The van der Waals surface area contributed by atoms with Crippen LogP contribution in [0.2, 0.25) is 0 Å². The fourth-order valence-electron chi connectivity index (χ4n) is 9.74. The van der Waals surface area contributed by atoms with Crippen molar-refractivity contribution in [3.8, 4) is 33.4 Å². The molecule has 0 amide bonds. The molecule has 7 aromatic rings. The van der Waals surface area contributed by atoms with Crippen LogP contribution >= 0.6 is 0 Å². The van der Waals surface area contributed by atoms with Gasteiger partial charge in [-0.2, -0.15) is 0 Å². The Hall–Kier alpha value is -5.72. The third kappa shape index (κ3) is 3.69. The summed E-state index contributed by atoms with van der Waals surface area (Å²) in [5, 5.41) is 8.38. The molecule has 0 atom stereocenters. The van der Waals surface area contributed by atoms with E-state index in [1.807, 2.05) is 0 Å². The van der Waals surface area contributed by atoms with Crippen LogP contribution in [0, 0.1) is 6.92 Å². The average molecular weight is 623 g/mol. The maximum Gasteiger partial charge on any atom is -0.00108 e. The minimum absolute atomic E-state index is 1.06. The first-order valence-electron chi connectivity index (χ1n) is 17.8. The molecule has 0 unspecified atom stereocenters. The number of hydrogen-bond donors (Lipinski definition) is 0. The van der Waals surface area contributed by atoms with Crippen molar-refractivity contribution >= 4 is 49.9 Å². The quantitative estimate of drug-likeness (QED) is 0.184. The molecule has 49 heavy (non-hydrogen) atoms. The first-order chi connectivity index (χ1) is 24.3. The highest BCUT2D eigenvalue weighted by Gasteiger charge is 2.33. The van der Waals surface area contributed by atoms with Crippen LogP contribution in [0.4, 0.5) is 0 Å². The van der Waals surface area contributed by atoms with Gasteiger partial charge in [-0.15, -0.1) is 0 Å². The van der Waals surface area contributed by atoms with Crippen LogP contribution in [0.3, 0.4) is 0 Å². The molecule has 230 valence electrons. The summed E-state index contributed by atoms with van der Waals surface area (Å²) >= 11 is 0. The molecule has 0 saturated carbocycles. The molecule has 0 saturated heterocycles. The number of aryl methyl sites for hydroxylation is 1. The molecule has 0 fully saturated rings. The van der Waals surface area contributed by atoms with Gasteiger partial charge in [-0.05, 0) is 148 Å². The Bertz CT molecular complexity index is 2790. The van der Waals surface area contributed by atoms with Gasteiger partial charge in [0, 0.05) is 0 Å². The molecule has 0 spiro atoms. The topological polar surface area (TPSA) is 0 Å². The lowest BCUT2D eigenvalue weighted by Crippen LogP contribution is -2.32. The van der Waals surface area contributed by atoms with Crippen molar-refractivity contribution in [3.63, 3.8) is 0 Å². The van der Waals surface area contributed by atoms with E-state index in [-0.39, 0.29) is 0 Å². The zero-order valence-electron chi connectivity index (χ0n) is 27.6. The van der Waals surface area contributed by atoms with E-state index in [1.165, 1.54) is 115 Å². The second-order valence-corrected chi connectivity index (χ2v) is 14.2. The third-order valence-corrected chi connectivity index (χ3v) is 11.7. The van der Waals surface area contributed by atoms with Crippen molar-refractivity contribution in [1.82, 2.24) is 0 Å². The fraction of sp³-hybridized carbons (Fsp3) is 0.102. The van der Waals surface area contributed by atoms with Crippen LogP contribution in [-0.2, 0) is 0 Å². The number of fused-ring (bicyclic) bond motifs is 6. The largest absolute Gasteiger partial charge is 0.0757 e. The fourth-order valence-corrected chi connectivity index (χ4v) is 9.74. The highest BCUT2D eigenvalue weighted by molar-refractivity contribution is 6.20. The molecule has 0 N–H and O–H groups in total. The van der Waals surface area contributed by atoms with Gasteiger partial charge in [0.25, 0.3) is 0 Å². The summed E-state index contributed by atoms with van der Waals surface area (Å²) < 4.78 is 0. The Morgan fingerprint density at radius 2 is 1.16 bits per heavy atom. The summed E-state index contributed by atoms with van der Waals surface area (Å²) in [4.78, 5) is 0. The van der Waals surface area contributed by atoms with Gasteiger partial charge in [0.1, 0.15) is 0 Å². The van der Waals surface area contributed by atoms with Crippen LogP contribution in [0.1, 0.15) is 53.5 Å². The Labute approximate surface area is 286 Å². The van der Waals surface area contributed by atoms with Crippen LogP contribution in [0.15, 0.2) is 133 Å². The molecule has 0 aromatic heterocycles. The van der Waals surface area contributed by atoms with E-state index in [4.69, 9.17) is 0 Å². The van der Waals surface area contributed by atoms with Gasteiger partial charge in [-0.25, -0.2) is 0 Å². The molecule has 4 aliphatic rings. The molecule has 7 aromatic carbocycles. The maximum absolute atomic E-state index is 2.55. The van der Waals surface area contributed by atoms with E-state index in [1.54, 1.807) is 0 Å². The van der Waals surface area contributed by atoms with E-state index < -0.39 is 0 Å². The first kappa shape index (κ1) is 27.3. The smallest absolute Gasteiger partial charge is 0.00108 e. The van der Waals surface area contributed by atoms with Crippen molar-refractivity contribution < 1.29 is 0 Å². The van der Waals surface area contributed by atoms with Gasteiger partial charge in [-0.3, -0.25) is 0 Å². The van der Waals surface area contributed by atoms with E-state index in [0.717, 1.165) is 25.7 Å². The van der Waals surface area contributed by atoms with Crippen molar-refractivity contribution in [1.29, 1.82) is 0 Å². The number of allylic oxidation sites excluding steroid dienone is 4. The lowest BCUT2D eigenvalue weighted by Gasteiger charge is -2.21. The molecule has 0 heterocycles. The molecular weight excluding hydrogens is 589 g/mol. The van der Waals surface area contributed by atoms with Crippen molar-refractivity contribution in [3.05, 3.63) is 172 Å². The summed E-state index contributed by atoms with van der Waals surface area (Å²) in [6.45, 7) is 2.28. The standard InChI is InChI=1S/C49H34/c1-29-22-23-32-16-10-19-38-42-28-33(24-25-39(42)43(29)44(32)38)34-26-27-41-47-35(34)20-11-21-40(47)48-45(30-12-4-2-5-13-30)36-17-8-9-18-37(36)46(49(41)48)31-14-6-3-7-15-31/h2-10,12-20,22-23,26-28H,11,21,24-25H2,1H3. The predicted octanol–water partition coefficient (Wildman–Crippen LogP) is 11.5. The molecule has 0 radical (unpaired) electrons. The zero-order valence-corrected chi connectivity index (χ0v) is 27.6. The average Bonchev–Trinajstić information content (AvgIpc) is 3.68. The molecule has 0 bridgehead atoms. The molecule has 0 heteroatoms. The summed E-state index contributed by atoms with van der Waals surface area (Å²) in [5.74, 6) is 0. The zero-order chi connectivity index (χ0) is 32.2. The van der Waals surface area contributed by atoms with Crippen LogP contribution in [0.25, 0.3) is 83.3 Å². The highest BCUT2D eigenvalue weighted by atomic mass is 14.4. The van der Waals surface area contributed by atoms with E-state index in [9.17, 15) is 0 Å². The number of rotatable bonds is 3. The van der Waals surface area contributed by atoms with E-state index in [0.29, 0.717) is 0 Å². The monoisotopic (exact) mass is 622 g/mol. The minimum Gasteiger partial charge on any atom is -0.0757 e. The second-order valence-electron chi connectivity index (χ2n) is 14.2. The van der Waals surface area contributed by atoms with Crippen LogP contribution in [-0.4, -0.2) is 0 Å². The Kier molecular flexibility index (Phi) is 5.64. The van der Waals surface area contributed by atoms with Crippen molar-refractivity contribution in [2.24, 2.45) is 0 Å². The summed E-state index contributed by atoms with van der Waals surface area (Å²) in [6, 6.07) is 47.7. The molecule has 0 aliphatic heterocycles. The summed E-state index contributed by atoms with van der Waals surface area (Å²) in [6.07, 6.45) is 9.38. The van der Waals surface area contributed by atoms with Crippen molar-refractivity contribution in [2.45, 2.75) is 32.6 Å². The van der Waals surface area contributed by atoms with Gasteiger partial charge in [-0.1, -0.05) is 140 Å². The van der Waals surface area contributed by atoms with Crippen LogP contribution < -0.4 is 10.4 Å². The minimum atomic E-state index is 1.06. The van der Waals surface area contributed by atoms with Gasteiger partial charge >= 0.3 is 0 Å².